The fraction of sp³-hybridized carbons (Fsp3) is 0.444. The molecule has 0 aliphatic heterocycles. The molecule has 0 spiro atoms. The molecule has 21 heavy (non-hydrogen) atoms. The van der Waals surface area contributed by atoms with Gasteiger partial charge in [0.2, 0.25) is 0 Å². The summed E-state index contributed by atoms with van der Waals surface area (Å²) in [6.07, 6.45) is 2.61. The smallest absolute Gasteiger partial charge is 0.0596 e. The molecule has 2 nitrogen and oxygen atoms in total. The van der Waals surface area contributed by atoms with Gasteiger partial charge in [-0.1, -0.05) is 30.3 Å². The normalized spacial score (nSPS) is 17.9. The maximum absolute atomic E-state index is 6.36. The van der Waals surface area contributed by atoms with Gasteiger partial charge in [0.05, 0.1) is 6.04 Å². The number of thiophene rings is 1. The molecule has 0 amide bonds. The molecule has 112 valence electrons. The summed E-state index contributed by atoms with van der Waals surface area (Å²) < 4.78 is 0. The third-order valence-electron chi connectivity index (χ3n) is 4.13. The summed E-state index contributed by atoms with van der Waals surface area (Å²) in [5.74, 6) is 0. The van der Waals surface area contributed by atoms with E-state index in [1.54, 1.807) is 0 Å². The van der Waals surface area contributed by atoms with Gasteiger partial charge in [0.25, 0.3) is 0 Å². The van der Waals surface area contributed by atoms with Crippen LogP contribution in [-0.4, -0.2) is 17.0 Å². The van der Waals surface area contributed by atoms with Crippen molar-refractivity contribution in [2.75, 3.05) is 0 Å². The van der Waals surface area contributed by atoms with E-state index in [1.807, 2.05) is 11.3 Å². The molecule has 2 unspecified atom stereocenters. The van der Waals surface area contributed by atoms with Crippen LogP contribution >= 0.6 is 11.3 Å². The van der Waals surface area contributed by atoms with E-state index in [0.717, 1.165) is 6.54 Å². The van der Waals surface area contributed by atoms with Crippen LogP contribution in [0, 0.1) is 6.92 Å². The number of benzene rings is 1. The van der Waals surface area contributed by atoms with Crippen LogP contribution in [0.1, 0.15) is 41.1 Å². The lowest BCUT2D eigenvalue weighted by Crippen LogP contribution is -2.40. The first-order chi connectivity index (χ1) is 10.1. The Hall–Kier alpha value is -1.16. The minimum absolute atomic E-state index is 0.146. The average molecular weight is 300 g/mol. The molecule has 1 saturated carbocycles. The third-order valence-corrected chi connectivity index (χ3v) is 5.20. The summed E-state index contributed by atoms with van der Waals surface area (Å²) in [7, 11) is 0. The van der Waals surface area contributed by atoms with Gasteiger partial charge in [-0.05, 0) is 44.4 Å². The van der Waals surface area contributed by atoms with Gasteiger partial charge in [-0.3, -0.25) is 4.90 Å². The predicted octanol–water partition coefficient (Wildman–Crippen LogP) is 4.11. The predicted molar refractivity (Wildman–Crippen MR) is 90.5 cm³/mol. The van der Waals surface area contributed by atoms with Crippen molar-refractivity contribution in [3.8, 4) is 0 Å². The van der Waals surface area contributed by atoms with Gasteiger partial charge in [0.15, 0.2) is 0 Å². The van der Waals surface area contributed by atoms with Gasteiger partial charge in [-0.15, -0.1) is 11.3 Å². The Kier molecular flexibility index (Phi) is 4.43. The Morgan fingerprint density at radius 2 is 1.90 bits per heavy atom. The van der Waals surface area contributed by atoms with Crippen LogP contribution in [0.4, 0.5) is 0 Å². The lowest BCUT2D eigenvalue weighted by molar-refractivity contribution is 0.160. The molecular formula is C18H24N2S. The summed E-state index contributed by atoms with van der Waals surface area (Å²) in [5.41, 5.74) is 7.74. The van der Waals surface area contributed by atoms with Gasteiger partial charge in [0, 0.05) is 28.4 Å². The molecule has 0 bridgehead atoms. The fourth-order valence-corrected chi connectivity index (χ4v) is 4.11. The van der Waals surface area contributed by atoms with E-state index in [9.17, 15) is 0 Å². The van der Waals surface area contributed by atoms with Crippen molar-refractivity contribution >= 4 is 11.3 Å². The zero-order valence-corrected chi connectivity index (χ0v) is 13.6. The third kappa shape index (κ3) is 3.54. The van der Waals surface area contributed by atoms with E-state index >= 15 is 0 Å². The Morgan fingerprint density at radius 1 is 1.19 bits per heavy atom. The van der Waals surface area contributed by atoms with Crippen LogP contribution < -0.4 is 5.73 Å². The second kappa shape index (κ2) is 6.30. The minimum Gasteiger partial charge on any atom is -0.326 e. The van der Waals surface area contributed by atoms with Gasteiger partial charge < -0.3 is 5.73 Å². The molecule has 1 aliphatic carbocycles. The Morgan fingerprint density at radius 3 is 2.43 bits per heavy atom. The number of nitrogens with zero attached hydrogens (tertiary/aromatic N) is 1. The summed E-state index contributed by atoms with van der Waals surface area (Å²) in [5, 5.41) is 0. The maximum Gasteiger partial charge on any atom is 0.0596 e. The van der Waals surface area contributed by atoms with Crippen LogP contribution in [0.25, 0.3) is 0 Å². The average Bonchev–Trinajstić information content (AvgIpc) is 3.22. The number of nitrogens with two attached hydrogens (primary N) is 1. The molecule has 0 saturated heterocycles. The van der Waals surface area contributed by atoms with Crippen molar-refractivity contribution in [2.45, 2.75) is 51.4 Å². The lowest BCUT2D eigenvalue weighted by Gasteiger charge is -2.34. The van der Waals surface area contributed by atoms with Crippen LogP contribution in [0.2, 0.25) is 0 Å². The fourth-order valence-electron chi connectivity index (χ4n) is 2.99. The molecule has 3 heteroatoms. The summed E-state index contributed by atoms with van der Waals surface area (Å²) >= 11 is 1.89. The van der Waals surface area contributed by atoms with Crippen molar-refractivity contribution in [3.63, 3.8) is 0 Å². The number of hydrogen-bond donors (Lipinski definition) is 1. The molecule has 2 aromatic rings. The van der Waals surface area contributed by atoms with Crippen molar-refractivity contribution in [1.29, 1.82) is 0 Å². The topological polar surface area (TPSA) is 29.3 Å². The molecule has 2 N–H and O–H groups in total. The Bertz CT molecular complexity index is 572. The van der Waals surface area contributed by atoms with Gasteiger partial charge in [0.1, 0.15) is 0 Å². The first-order valence-electron chi connectivity index (χ1n) is 7.76. The van der Waals surface area contributed by atoms with E-state index in [2.05, 4.69) is 61.2 Å². The monoisotopic (exact) mass is 300 g/mol. The van der Waals surface area contributed by atoms with Crippen molar-refractivity contribution < 1.29 is 0 Å². The molecule has 1 fully saturated rings. The summed E-state index contributed by atoms with van der Waals surface area (Å²) in [6, 6.07) is 16.4. The van der Waals surface area contributed by atoms with Crippen LogP contribution in [0.15, 0.2) is 42.5 Å². The minimum atomic E-state index is 0.146. The SMILES string of the molecule is Cc1ccc(C(C(C)N)N(Cc2ccccc2)C2CC2)s1. The lowest BCUT2D eigenvalue weighted by atomic mass is 10.1. The number of rotatable bonds is 6. The zero-order valence-electron chi connectivity index (χ0n) is 12.8. The standard InChI is InChI=1S/C18H24N2S/c1-13-8-11-17(21-13)18(14(2)19)20(16-9-10-16)12-15-6-4-3-5-7-15/h3-8,11,14,16,18H,9-10,12,19H2,1-2H3. The molecule has 3 rings (SSSR count). The highest BCUT2D eigenvalue weighted by Gasteiger charge is 2.36. The molecule has 1 aromatic carbocycles. The highest BCUT2D eigenvalue weighted by atomic mass is 32.1. The first-order valence-corrected chi connectivity index (χ1v) is 8.58. The summed E-state index contributed by atoms with van der Waals surface area (Å²) in [6.45, 7) is 5.31. The van der Waals surface area contributed by atoms with E-state index in [0.29, 0.717) is 12.1 Å². The number of hydrogen-bond acceptors (Lipinski definition) is 3. The van der Waals surface area contributed by atoms with Gasteiger partial charge in [-0.2, -0.15) is 0 Å². The number of aryl methyl sites for hydroxylation is 1. The molecule has 1 aliphatic rings. The molecule has 0 radical (unpaired) electrons. The van der Waals surface area contributed by atoms with Crippen molar-refractivity contribution in [2.24, 2.45) is 5.73 Å². The van der Waals surface area contributed by atoms with E-state index < -0.39 is 0 Å². The zero-order chi connectivity index (χ0) is 14.8. The quantitative estimate of drug-likeness (QED) is 0.870. The Balaban J connectivity index is 1.86. The summed E-state index contributed by atoms with van der Waals surface area (Å²) in [4.78, 5) is 5.39. The highest BCUT2D eigenvalue weighted by molar-refractivity contribution is 7.12. The van der Waals surface area contributed by atoms with E-state index in [1.165, 1.54) is 28.2 Å². The second-order valence-corrected chi connectivity index (χ2v) is 7.46. The van der Waals surface area contributed by atoms with Crippen molar-refractivity contribution in [1.82, 2.24) is 4.90 Å². The van der Waals surface area contributed by atoms with Crippen LogP contribution in [-0.2, 0) is 6.54 Å². The first kappa shape index (κ1) is 14.8. The van der Waals surface area contributed by atoms with Gasteiger partial charge >= 0.3 is 0 Å². The van der Waals surface area contributed by atoms with Crippen LogP contribution in [0.5, 0.6) is 0 Å². The maximum atomic E-state index is 6.36. The Labute approximate surface area is 131 Å². The molecule has 1 heterocycles. The highest BCUT2D eigenvalue weighted by Crippen LogP contribution is 2.39. The molecule has 2 atom stereocenters. The second-order valence-electron chi connectivity index (χ2n) is 6.14. The molecular weight excluding hydrogens is 276 g/mol. The van der Waals surface area contributed by atoms with E-state index in [-0.39, 0.29) is 6.04 Å². The van der Waals surface area contributed by atoms with Gasteiger partial charge in [-0.25, -0.2) is 0 Å². The van der Waals surface area contributed by atoms with Crippen molar-refractivity contribution in [3.05, 3.63) is 57.8 Å². The molecule has 1 aromatic heterocycles. The largest absolute Gasteiger partial charge is 0.326 e. The van der Waals surface area contributed by atoms with E-state index in [4.69, 9.17) is 5.73 Å². The van der Waals surface area contributed by atoms with Crippen LogP contribution in [0.3, 0.4) is 0 Å².